The van der Waals surface area contributed by atoms with Gasteiger partial charge in [-0.25, -0.2) is 0 Å². The van der Waals surface area contributed by atoms with E-state index in [0.717, 1.165) is 0 Å². The predicted molar refractivity (Wildman–Crippen MR) is 42.4 cm³/mol. The van der Waals surface area contributed by atoms with Crippen molar-refractivity contribution >= 4 is 0 Å². The Bertz CT molecular complexity index is 51.2. The molecule has 0 aromatic carbocycles. The number of hydrogen-bond acceptors (Lipinski definition) is 1. The van der Waals surface area contributed by atoms with Crippen LogP contribution in [0.3, 0.4) is 0 Å². The van der Waals surface area contributed by atoms with E-state index in [0.29, 0.717) is 0 Å². The van der Waals surface area contributed by atoms with E-state index in [4.69, 9.17) is 0 Å². The topological polar surface area (TPSA) is 3.24 Å². The Hall–Kier alpha value is 0.622. The molecule has 2 heteroatoms. The summed E-state index contributed by atoms with van der Waals surface area (Å²) in [5.74, 6) is 0. The molecule has 1 radical (unpaired) electrons. The molecule has 0 aliphatic carbocycles. The van der Waals surface area contributed by atoms with E-state index in [2.05, 4.69) is 18.2 Å². The monoisotopic (exact) mass is 315 g/mol. The van der Waals surface area contributed by atoms with Crippen molar-refractivity contribution in [3.63, 3.8) is 0 Å². The third kappa shape index (κ3) is 5.41. The van der Waals surface area contributed by atoms with E-state index in [9.17, 15) is 0 Å². The number of rotatable bonds is 1. The van der Waals surface area contributed by atoms with E-state index in [1.807, 2.05) is 13.8 Å². The maximum atomic E-state index is 2.43. The Morgan fingerprint density at radius 1 is 1.40 bits per heavy atom. The van der Waals surface area contributed by atoms with Crippen molar-refractivity contribution in [2.45, 2.75) is 27.2 Å². The molecule has 1 nitrogen and oxygen atoms in total. The smallest absolute Gasteiger partial charge is 0 e. The molecule has 0 aromatic rings. The molecular formula is C8H18NRe-. The molecule has 1 rings (SSSR count). The molecule has 0 saturated carbocycles. The first-order valence-corrected chi connectivity index (χ1v) is 3.97. The summed E-state index contributed by atoms with van der Waals surface area (Å²) in [6.45, 7) is 9.93. The van der Waals surface area contributed by atoms with Crippen LogP contribution in [0.15, 0.2) is 0 Å². The van der Waals surface area contributed by atoms with Crippen LogP contribution in [-0.4, -0.2) is 24.5 Å². The van der Waals surface area contributed by atoms with Crippen molar-refractivity contribution in [2.24, 2.45) is 0 Å². The zero-order valence-corrected chi connectivity index (χ0v) is 9.95. The fraction of sp³-hybridized carbons (Fsp3) is 0.875. The molecule has 0 unspecified atom stereocenters. The van der Waals surface area contributed by atoms with Crippen LogP contribution in [0.1, 0.15) is 27.2 Å². The summed E-state index contributed by atoms with van der Waals surface area (Å²) in [4.78, 5) is 2.43. The number of nitrogens with zero attached hydrogens (tertiary/aromatic N) is 1. The molecule has 1 fully saturated rings. The van der Waals surface area contributed by atoms with Crippen LogP contribution in [0.5, 0.6) is 0 Å². The van der Waals surface area contributed by atoms with E-state index in [1.165, 1.54) is 26.1 Å². The van der Waals surface area contributed by atoms with E-state index in [1.54, 1.807) is 0 Å². The van der Waals surface area contributed by atoms with Gasteiger partial charge in [0.2, 0.25) is 0 Å². The van der Waals surface area contributed by atoms with Gasteiger partial charge in [-0.3, -0.25) is 0 Å². The molecule has 0 bridgehead atoms. The quantitative estimate of drug-likeness (QED) is 0.669. The summed E-state index contributed by atoms with van der Waals surface area (Å²) in [5.41, 5.74) is 0. The minimum atomic E-state index is 0. The molecule has 1 saturated heterocycles. The predicted octanol–water partition coefficient (Wildman–Crippen LogP) is 1.94. The minimum Gasteiger partial charge on any atom is -0.335 e. The third-order valence-electron chi connectivity index (χ3n) is 1.48. The molecule has 1 aliphatic heterocycles. The fourth-order valence-corrected chi connectivity index (χ4v) is 0.926. The maximum Gasteiger partial charge on any atom is 0 e. The molecule has 63 valence electrons. The number of hydrogen-bond donors (Lipinski definition) is 0. The summed E-state index contributed by atoms with van der Waals surface area (Å²) in [5, 5.41) is 0. The molecule has 0 aromatic heterocycles. The van der Waals surface area contributed by atoms with Crippen LogP contribution in [0.4, 0.5) is 0 Å². The van der Waals surface area contributed by atoms with Crippen molar-refractivity contribution in [3.8, 4) is 0 Å². The van der Waals surface area contributed by atoms with E-state index >= 15 is 0 Å². The Balaban J connectivity index is 0. The van der Waals surface area contributed by atoms with Crippen molar-refractivity contribution in [1.29, 1.82) is 0 Å². The molecule has 10 heavy (non-hydrogen) atoms. The maximum absolute atomic E-state index is 2.43. The van der Waals surface area contributed by atoms with Gasteiger partial charge < -0.3 is 11.3 Å². The van der Waals surface area contributed by atoms with E-state index in [-0.39, 0.29) is 20.4 Å². The molecule has 0 amide bonds. The van der Waals surface area contributed by atoms with Gasteiger partial charge in [0, 0.05) is 20.4 Å². The van der Waals surface area contributed by atoms with Gasteiger partial charge in [0.15, 0.2) is 0 Å². The zero-order valence-electron chi connectivity index (χ0n) is 7.23. The summed E-state index contributed by atoms with van der Waals surface area (Å²) >= 11 is 0. The van der Waals surface area contributed by atoms with Gasteiger partial charge in [-0.1, -0.05) is 20.8 Å². The Morgan fingerprint density at radius 2 is 2.00 bits per heavy atom. The molecule has 1 heterocycles. The van der Waals surface area contributed by atoms with Gasteiger partial charge in [0.05, 0.1) is 0 Å². The number of likely N-dealkylation sites (tertiary alicyclic amines) is 1. The van der Waals surface area contributed by atoms with E-state index < -0.39 is 0 Å². The van der Waals surface area contributed by atoms with Crippen molar-refractivity contribution < 1.29 is 20.4 Å². The Kier molecular flexibility index (Phi) is 12.7. The Labute approximate surface area is 78.8 Å². The standard InChI is InChI=1S/C6H12N.C2H6.Re/c1-2-7-5-3-4-6-7;1-2;/h3H,2,4-6H2,1H3;1-2H3;/q-1;;. The van der Waals surface area contributed by atoms with Gasteiger partial charge in [-0.05, 0) is 13.1 Å². The van der Waals surface area contributed by atoms with Gasteiger partial charge in [0.25, 0.3) is 0 Å². The first-order chi connectivity index (χ1) is 4.43. The van der Waals surface area contributed by atoms with Crippen molar-refractivity contribution in [3.05, 3.63) is 6.42 Å². The van der Waals surface area contributed by atoms with Gasteiger partial charge in [-0.15, -0.1) is 6.54 Å². The largest absolute Gasteiger partial charge is 0.335 e. The van der Waals surface area contributed by atoms with Crippen LogP contribution in [-0.2, 0) is 20.4 Å². The normalized spacial score (nSPS) is 17.1. The Morgan fingerprint density at radius 3 is 2.20 bits per heavy atom. The molecule has 0 spiro atoms. The average Bonchev–Trinajstić information content (AvgIpc) is 2.43. The zero-order chi connectivity index (χ0) is 7.11. The molecule has 0 N–H and O–H groups in total. The van der Waals surface area contributed by atoms with Crippen LogP contribution in [0.2, 0.25) is 0 Å². The van der Waals surface area contributed by atoms with Crippen LogP contribution < -0.4 is 0 Å². The van der Waals surface area contributed by atoms with Gasteiger partial charge in [0.1, 0.15) is 0 Å². The second-order valence-electron chi connectivity index (χ2n) is 1.97. The SMILES string of the molecule is CC.CCN1C[CH-]CC1.[Re]. The van der Waals surface area contributed by atoms with Crippen molar-refractivity contribution in [2.75, 3.05) is 19.6 Å². The van der Waals surface area contributed by atoms with Gasteiger partial charge in [-0.2, -0.15) is 6.42 Å². The third-order valence-corrected chi connectivity index (χ3v) is 1.48. The summed E-state index contributed by atoms with van der Waals surface area (Å²) < 4.78 is 0. The van der Waals surface area contributed by atoms with Crippen LogP contribution in [0, 0.1) is 6.42 Å². The molecule has 1 aliphatic rings. The first kappa shape index (κ1) is 13.2. The van der Waals surface area contributed by atoms with Gasteiger partial charge >= 0.3 is 0 Å². The fourth-order valence-electron chi connectivity index (χ4n) is 0.926. The molecular weight excluding hydrogens is 296 g/mol. The summed E-state index contributed by atoms with van der Waals surface area (Å²) in [6, 6.07) is 0. The minimum absolute atomic E-state index is 0. The summed E-state index contributed by atoms with van der Waals surface area (Å²) in [7, 11) is 0. The summed E-state index contributed by atoms with van der Waals surface area (Å²) in [6.07, 6.45) is 3.64. The van der Waals surface area contributed by atoms with Crippen LogP contribution in [0.25, 0.3) is 0 Å². The second-order valence-corrected chi connectivity index (χ2v) is 1.97. The first-order valence-electron chi connectivity index (χ1n) is 3.97. The molecule has 0 atom stereocenters. The average molecular weight is 314 g/mol. The van der Waals surface area contributed by atoms with Crippen LogP contribution >= 0.6 is 0 Å². The second kappa shape index (κ2) is 9.62. The van der Waals surface area contributed by atoms with Crippen molar-refractivity contribution in [1.82, 2.24) is 4.90 Å².